The number of rotatable bonds is 13. The number of H-pyrrole nitrogens is 1. The van der Waals surface area contributed by atoms with E-state index in [2.05, 4.69) is 37.7 Å². The van der Waals surface area contributed by atoms with Crippen LogP contribution in [0.15, 0.2) is 79.6 Å². The number of carbonyl (C=O) groups is 2. The molecule has 5 rings (SSSR count). The number of benzene rings is 3. The SMILES string of the molecule is C=Cc1nccn1CCNC(=O)c1cc(NC(=O)CCCN(C)C)cc(-c2n[nH]c3cc(Nc4ccccc4Cl)ccc23)c1. The van der Waals surface area contributed by atoms with Gasteiger partial charge in [0.15, 0.2) is 0 Å². The number of fused-ring (bicyclic) bond motifs is 1. The Hall–Kier alpha value is -4.93. The van der Waals surface area contributed by atoms with Crippen LogP contribution in [0.4, 0.5) is 17.1 Å². The van der Waals surface area contributed by atoms with E-state index in [9.17, 15) is 9.59 Å². The van der Waals surface area contributed by atoms with Gasteiger partial charge in [-0.05, 0) is 81.7 Å². The van der Waals surface area contributed by atoms with Gasteiger partial charge in [0.2, 0.25) is 5.91 Å². The zero-order chi connectivity index (χ0) is 31.1. The van der Waals surface area contributed by atoms with E-state index >= 15 is 0 Å². The van der Waals surface area contributed by atoms with Crippen LogP contribution >= 0.6 is 11.6 Å². The molecule has 5 aromatic rings. The van der Waals surface area contributed by atoms with Crippen molar-refractivity contribution in [3.63, 3.8) is 0 Å². The van der Waals surface area contributed by atoms with Crippen molar-refractivity contribution in [1.82, 2.24) is 30.0 Å². The molecule has 0 radical (unpaired) electrons. The van der Waals surface area contributed by atoms with E-state index < -0.39 is 0 Å². The lowest BCUT2D eigenvalue weighted by atomic mass is 10.0. The fourth-order valence-corrected chi connectivity index (χ4v) is 5.06. The Balaban J connectivity index is 1.40. The first kappa shape index (κ1) is 30.5. The molecule has 4 N–H and O–H groups in total. The Morgan fingerprint density at radius 2 is 1.93 bits per heavy atom. The summed E-state index contributed by atoms with van der Waals surface area (Å²) in [5, 5.41) is 18.5. The molecule has 0 bridgehead atoms. The largest absolute Gasteiger partial charge is 0.354 e. The molecule has 0 aliphatic rings. The number of para-hydroxylation sites is 1. The fraction of sp³-hybridized carbons (Fsp3) is 0.212. The number of nitrogens with zero attached hydrogens (tertiary/aromatic N) is 4. The average Bonchev–Trinajstić information content (AvgIpc) is 3.64. The van der Waals surface area contributed by atoms with E-state index in [0.29, 0.717) is 47.0 Å². The predicted octanol–water partition coefficient (Wildman–Crippen LogP) is 6.18. The molecule has 0 saturated heterocycles. The van der Waals surface area contributed by atoms with E-state index in [1.165, 1.54) is 0 Å². The van der Waals surface area contributed by atoms with Gasteiger partial charge in [0.1, 0.15) is 5.82 Å². The summed E-state index contributed by atoms with van der Waals surface area (Å²) in [6.45, 7) is 5.50. The maximum atomic E-state index is 13.3. The van der Waals surface area contributed by atoms with Crippen molar-refractivity contribution in [2.24, 2.45) is 0 Å². The highest BCUT2D eigenvalue weighted by Crippen LogP contribution is 2.32. The van der Waals surface area contributed by atoms with Crippen molar-refractivity contribution < 1.29 is 9.59 Å². The molecule has 0 aliphatic carbocycles. The van der Waals surface area contributed by atoms with Crippen LogP contribution in [0.1, 0.15) is 29.0 Å². The zero-order valence-electron chi connectivity index (χ0n) is 24.7. The number of amides is 2. The third-order valence-corrected chi connectivity index (χ3v) is 7.38. The summed E-state index contributed by atoms with van der Waals surface area (Å²) in [6.07, 6.45) is 6.29. The van der Waals surface area contributed by atoms with Crippen LogP contribution in [0.2, 0.25) is 5.02 Å². The maximum Gasteiger partial charge on any atom is 0.251 e. The molecule has 44 heavy (non-hydrogen) atoms. The summed E-state index contributed by atoms with van der Waals surface area (Å²) >= 11 is 6.33. The highest BCUT2D eigenvalue weighted by atomic mass is 35.5. The Morgan fingerprint density at radius 1 is 1.09 bits per heavy atom. The number of halogens is 1. The third kappa shape index (κ3) is 7.52. The minimum atomic E-state index is -0.263. The summed E-state index contributed by atoms with van der Waals surface area (Å²) in [5.74, 6) is 0.354. The number of aromatic nitrogens is 4. The molecule has 0 atom stereocenters. The Labute approximate surface area is 261 Å². The second kappa shape index (κ2) is 14.0. The minimum Gasteiger partial charge on any atom is -0.354 e. The molecule has 0 fully saturated rings. The second-order valence-electron chi connectivity index (χ2n) is 10.6. The molecule has 2 amide bonds. The molecule has 226 valence electrons. The average molecular weight is 611 g/mol. The highest BCUT2D eigenvalue weighted by molar-refractivity contribution is 6.33. The number of nitrogens with one attached hydrogen (secondary N) is 4. The van der Waals surface area contributed by atoms with Crippen molar-refractivity contribution in [1.29, 1.82) is 0 Å². The molecule has 0 aliphatic heterocycles. The summed E-state index contributed by atoms with van der Waals surface area (Å²) in [5.41, 5.74) is 4.75. The van der Waals surface area contributed by atoms with Gasteiger partial charge in [-0.15, -0.1) is 0 Å². The maximum absolute atomic E-state index is 13.3. The number of carbonyl (C=O) groups excluding carboxylic acids is 2. The topological polar surface area (TPSA) is 120 Å². The first-order valence-corrected chi connectivity index (χ1v) is 14.7. The molecule has 10 nitrogen and oxygen atoms in total. The van der Waals surface area contributed by atoms with Gasteiger partial charge in [0, 0.05) is 59.8 Å². The molecule has 0 saturated carbocycles. The van der Waals surface area contributed by atoms with Crippen molar-refractivity contribution >= 4 is 57.5 Å². The summed E-state index contributed by atoms with van der Waals surface area (Å²) in [6, 6.07) is 18.7. The summed E-state index contributed by atoms with van der Waals surface area (Å²) in [4.78, 5) is 32.4. The van der Waals surface area contributed by atoms with Gasteiger partial charge in [0.05, 0.1) is 21.9 Å². The summed E-state index contributed by atoms with van der Waals surface area (Å²) < 4.78 is 1.91. The number of aromatic amines is 1. The molecule has 11 heteroatoms. The van der Waals surface area contributed by atoms with Crippen LogP contribution in [0.25, 0.3) is 28.2 Å². The molecule has 0 spiro atoms. The lowest BCUT2D eigenvalue weighted by molar-refractivity contribution is -0.116. The van der Waals surface area contributed by atoms with E-state index in [1.807, 2.05) is 78.3 Å². The highest BCUT2D eigenvalue weighted by Gasteiger charge is 2.16. The van der Waals surface area contributed by atoms with Crippen LogP contribution in [0.3, 0.4) is 0 Å². The fourth-order valence-electron chi connectivity index (χ4n) is 4.87. The molecular formula is C33H35ClN8O2. The molecule has 3 aromatic carbocycles. The number of imidazole rings is 1. The second-order valence-corrected chi connectivity index (χ2v) is 11.0. The molecule has 2 aromatic heterocycles. The summed E-state index contributed by atoms with van der Waals surface area (Å²) in [7, 11) is 3.95. The molecule has 2 heterocycles. The smallest absolute Gasteiger partial charge is 0.251 e. The van der Waals surface area contributed by atoms with Crippen LogP contribution in [-0.2, 0) is 11.3 Å². The minimum absolute atomic E-state index is 0.116. The van der Waals surface area contributed by atoms with Crippen LogP contribution in [0.5, 0.6) is 0 Å². The van der Waals surface area contributed by atoms with Crippen molar-refractivity contribution in [2.45, 2.75) is 19.4 Å². The zero-order valence-corrected chi connectivity index (χ0v) is 25.5. The van der Waals surface area contributed by atoms with E-state index in [4.69, 9.17) is 11.6 Å². The van der Waals surface area contributed by atoms with E-state index in [-0.39, 0.29) is 11.8 Å². The van der Waals surface area contributed by atoms with Gasteiger partial charge in [-0.2, -0.15) is 5.10 Å². The first-order chi connectivity index (χ1) is 21.3. The lowest BCUT2D eigenvalue weighted by Crippen LogP contribution is -2.27. The van der Waals surface area contributed by atoms with Gasteiger partial charge >= 0.3 is 0 Å². The Kier molecular flexibility index (Phi) is 9.73. The number of hydrogen-bond acceptors (Lipinski definition) is 6. The normalized spacial score (nSPS) is 11.1. The van der Waals surface area contributed by atoms with Gasteiger partial charge < -0.3 is 25.4 Å². The monoisotopic (exact) mass is 610 g/mol. The van der Waals surface area contributed by atoms with Gasteiger partial charge in [0.25, 0.3) is 5.91 Å². The van der Waals surface area contributed by atoms with Crippen LogP contribution < -0.4 is 16.0 Å². The van der Waals surface area contributed by atoms with Crippen molar-refractivity contribution in [3.05, 3.63) is 96.0 Å². The van der Waals surface area contributed by atoms with Crippen molar-refractivity contribution in [3.8, 4) is 11.3 Å². The lowest BCUT2D eigenvalue weighted by Gasteiger charge is -2.13. The predicted molar refractivity (Wildman–Crippen MR) is 177 cm³/mol. The quantitative estimate of drug-likeness (QED) is 0.126. The standard InChI is InChI=1S/C33H35ClN8O2/c1-4-30-35-13-16-42(30)17-14-36-33(44)23-18-22(19-25(20-23)38-31(43)10-7-15-41(2)3)32-26-12-11-24(21-29(26)39-40-32)37-28-9-6-5-8-27(28)34/h4-6,8-9,11-13,16,18-21,37H,1,7,10,14-15,17H2,2-3H3,(H,36,44)(H,38,43)(H,39,40). The van der Waals surface area contributed by atoms with Gasteiger partial charge in [-0.25, -0.2) is 4.98 Å². The van der Waals surface area contributed by atoms with Crippen molar-refractivity contribution in [2.75, 3.05) is 37.8 Å². The molecule has 0 unspecified atom stereocenters. The third-order valence-electron chi connectivity index (χ3n) is 7.05. The first-order valence-electron chi connectivity index (χ1n) is 14.3. The van der Waals surface area contributed by atoms with Crippen LogP contribution in [0, 0.1) is 0 Å². The number of anilines is 3. The van der Waals surface area contributed by atoms with E-state index in [0.717, 1.165) is 41.1 Å². The van der Waals surface area contributed by atoms with Crippen LogP contribution in [-0.4, -0.2) is 63.6 Å². The Bertz CT molecular complexity index is 1790. The number of hydrogen-bond donors (Lipinski definition) is 4. The van der Waals surface area contributed by atoms with Gasteiger partial charge in [-0.1, -0.05) is 30.3 Å². The molecular weight excluding hydrogens is 576 g/mol. The van der Waals surface area contributed by atoms with E-state index in [1.54, 1.807) is 24.4 Å². The Morgan fingerprint density at radius 3 is 2.73 bits per heavy atom. The van der Waals surface area contributed by atoms with Gasteiger partial charge in [-0.3, -0.25) is 14.7 Å².